The molecule has 1 heterocycles. The molecule has 0 bridgehead atoms. The summed E-state index contributed by atoms with van der Waals surface area (Å²) in [6.45, 7) is 3.63. The van der Waals surface area contributed by atoms with E-state index in [2.05, 4.69) is 4.72 Å². The van der Waals surface area contributed by atoms with Crippen molar-refractivity contribution in [3.63, 3.8) is 0 Å². The van der Waals surface area contributed by atoms with Crippen LogP contribution in [0.4, 0.5) is 15.8 Å². The minimum absolute atomic E-state index is 0.0236. The number of aryl methyl sites for hydroxylation is 1. The number of halogens is 2. The van der Waals surface area contributed by atoms with E-state index in [0.717, 1.165) is 5.56 Å². The minimum Gasteiger partial charge on any atom is -0.366 e. The quantitative estimate of drug-likeness (QED) is 0.573. The van der Waals surface area contributed by atoms with Crippen molar-refractivity contribution in [2.45, 2.75) is 11.8 Å². The molecule has 0 unspecified atom stereocenters. The molecule has 1 amide bonds. The molecule has 1 aliphatic rings. The summed E-state index contributed by atoms with van der Waals surface area (Å²) in [5.74, 6) is -0.600. The normalized spacial score (nSPS) is 14.3. The van der Waals surface area contributed by atoms with Gasteiger partial charge in [0.2, 0.25) is 0 Å². The van der Waals surface area contributed by atoms with Crippen LogP contribution in [-0.4, -0.2) is 45.4 Å². The zero-order chi connectivity index (χ0) is 23.6. The zero-order valence-corrected chi connectivity index (χ0v) is 19.5. The lowest BCUT2D eigenvalue weighted by Gasteiger charge is -2.36. The molecule has 6 nitrogen and oxygen atoms in total. The van der Waals surface area contributed by atoms with Gasteiger partial charge in [-0.3, -0.25) is 9.52 Å². The number of nitrogens with one attached hydrogen (secondary N) is 1. The van der Waals surface area contributed by atoms with Gasteiger partial charge in [0, 0.05) is 37.4 Å². The number of anilines is 2. The monoisotopic (exact) mass is 487 g/mol. The number of benzene rings is 3. The van der Waals surface area contributed by atoms with Crippen molar-refractivity contribution in [1.82, 2.24) is 4.90 Å². The van der Waals surface area contributed by atoms with Gasteiger partial charge in [0.05, 0.1) is 10.7 Å². The lowest BCUT2D eigenvalue weighted by atomic mass is 10.1. The largest absolute Gasteiger partial charge is 0.366 e. The first-order chi connectivity index (χ1) is 15.7. The smallest absolute Gasteiger partial charge is 0.263 e. The van der Waals surface area contributed by atoms with Gasteiger partial charge in [0.25, 0.3) is 15.9 Å². The Kier molecular flexibility index (Phi) is 6.58. The maximum atomic E-state index is 14.1. The summed E-state index contributed by atoms with van der Waals surface area (Å²) in [6, 6.07) is 17.7. The molecule has 3 aromatic rings. The Bertz CT molecular complexity index is 1270. The first-order valence-electron chi connectivity index (χ1n) is 10.4. The number of rotatable bonds is 5. The Morgan fingerprint density at radius 3 is 2.30 bits per heavy atom. The van der Waals surface area contributed by atoms with Crippen LogP contribution in [0, 0.1) is 12.7 Å². The highest BCUT2D eigenvalue weighted by molar-refractivity contribution is 7.92. The average Bonchev–Trinajstić information content (AvgIpc) is 2.81. The number of piperazine rings is 1. The second-order valence-corrected chi connectivity index (χ2v) is 9.91. The first-order valence-corrected chi connectivity index (χ1v) is 12.3. The van der Waals surface area contributed by atoms with E-state index >= 15 is 0 Å². The molecular formula is C24H23ClFN3O3S. The van der Waals surface area contributed by atoms with Gasteiger partial charge in [0.1, 0.15) is 10.7 Å². The van der Waals surface area contributed by atoms with E-state index in [9.17, 15) is 17.6 Å². The Hall–Kier alpha value is -3.10. The fraction of sp³-hybridized carbons (Fsp3) is 0.208. The summed E-state index contributed by atoms with van der Waals surface area (Å²) in [6.07, 6.45) is 0. The highest BCUT2D eigenvalue weighted by Gasteiger charge is 2.26. The predicted octanol–water partition coefficient (Wildman–Crippen LogP) is 4.55. The van der Waals surface area contributed by atoms with Crippen LogP contribution >= 0.6 is 11.6 Å². The predicted molar refractivity (Wildman–Crippen MR) is 128 cm³/mol. The number of nitrogens with zero attached hydrogens (tertiary/aromatic N) is 2. The van der Waals surface area contributed by atoms with Gasteiger partial charge < -0.3 is 9.80 Å². The maximum Gasteiger partial charge on any atom is 0.263 e. The van der Waals surface area contributed by atoms with Crippen LogP contribution in [0.1, 0.15) is 15.9 Å². The summed E-state index contributed by atoms with van der Waals surface area (Å²) >= 11 is 6.18. The van der Waals surface area contributed by atoms with E-state index in [1.54, 1.807) is 47.4 Å². The van der Waals surface area contributed by atoms with Gasteiger partial charge in [-0.05, 0) is 49.4 Å². The SMILES string of the molecule is Cc1ccc(NS(=O)(=O)c2cc(C(=O)N3CCN(c4ccccc4F)CC3)ccc2Cl)cc1. The number of hydrogen-bond acceptors (Lipinski definition) is 4. The molecule has 33 heavy (non-hydrogen) atoms. The Morgan fingerprint density at radius 2 is 1.64 bits per heavy atom. The molecule has 9 heteroatoms. The van der Waals surface area contributed by atoms with Crippen molar-refractivity contribution in [2.24, 2.45) is 0 Å². The zero-order valence-electron chi connectivity index (χ0n) is 18.0. The summed E-state index contributed by atoms with van der Waals surface area (Å²) in [4.78, 5) is 16.4. The fourth-order valence-corrected chi connectivity index (χ4v) is 5.30. The number of hydrogen-bond donors (Lipinski definition) is 1. The van der Waals surface area contributed by atoms with Crippen molar-refractivity contribution >= 4 is 38.9 Å². The van der Waals surface area contributed by atoms with Crippen LogP contribution in [0.5, 0.6) is 0 Å². The molecule has 4 rings (SSSR count). The summed E-state index contributed by atoms with van der Waals surface area (Å²) < 4.78 is 42.4. The van der Waals surface area contributed by atoms with Crippen molar-refractivity contribution in [1.29, 1.82) is 0 Å². The molecule has 1 N–H and O–H groups in total. The third-order valence-electron chi connectivity index (χ3n) is 5.53. The van der Waals surface area contributed by atoms with Crippen LogP contribution in [0.2, 0.25) is 5.02 Å². The number of para-hydroxylation sites is 1. The number of carbonyl (C=O) groups is 1. The van der Waals surface area contributed by atoms with Crippen LogP contribution in [0.15, 0.2) is 71.6 Å². The second kappa shape index (κ2) is 9.41. The molecule has 0 spiro atoms. The van der Waals surface area contributed by atoms with E-state index in [4.69, 9.17) is 11.6 Å². The molecule has 1 fully saturated rings. The minimum atomic E-state index is -4.00. The molecule has 3 aromatic carbocycles. The molecule has 0 aromatic heterocycles. The Balaban J connectivity index is 1.50. The van der Waals surface area contributed by atoms with Crippen molar-refractivity contribution < 1.29 is 17.6 Å². The topological polar surface area (TPSA) is 69.7 Å². The maximum absolute atomic E-state index is 14.1. The molecule has 0 radical (unpaired) electrons. The van der Waals surface area contributed by atoms with Gasteiger partial charge in [-0.15, -0.1) is 0 Å². The van der Waals surface area contributed by atoms with E-state index in [-0.39, 0.29) is 27.2 Å². The molecule has 172 valence electrons. The van der Waals surface area contributed by atoms with Gasteiger partial charge in [0.15, 0.2) is 0 Å². The van der Waals surface area contributed by atoms with Crippen LogP contribution < -0.4 is 9.62 Å². The number of carbonyl (C=O) groups excluding carboxylic acids is 1. The fourth-order valence-electron chi connectivity index (χ4n) is 3.72. The van der Waals surface area contributed by atoms with E-state index < -0.39 is 10.0 Å². The third-order valence-corrected chi connectivity index (χ3v) is 7.39. The third kappa shape index (κ3) is 5.12. The van der Waals surface area contributed by atoms with Gasteiger partial charge >= 0.3 is 0 Å². The lowest BCUT2D eigenvalue weighted by Crippen LogP contribution is -2.49. The van der Waals surface area contributed by atoms with E-state index in [1.165, 1.54) is 24.3 Å². The highest BCUT2D eigenvalue weighted by atomic mass is 35.5. The van der Waals surface area contributed by atoms with Crippen molar-refractivity contribution in [3.8, 4) is 0 Å². The van der Waals surface area contributed by atoms with Crippen molar-refractivity contribution in [2.75, 3.05) is 35.8 Å². The lowest BCUT2D eigenvalue weighted by molar-refractivity contribution is 0.0746. The molecule has 1 saturated heterocycles. The van der Waals surface area contributed by atoms with E-state index in [1.807, 2.05) is 11.8 Å². The van der Waals surface area contributed by atoms with E-state index in [0.29, 0.717) is 37.6 Å². The second-order valence-electron chi connectivity index (χ2n) is 7.85. The molecule has 1 aliphatic heterocycles. The van der Waals surface area contributed by atoms with Crippen molar-refractivity contribution in [3.05, 3.63) is 88.7 Å². The van der Waals surface area contributed by atoms with Gasteiger partial charge in [-0.25, -0.2) is 12.8 Å². The number of amides is 1. The van der Waals surface area contributed by atoms with Gasteiger partial charge in [-0.2, -0.15) is 0 Å². The van der Waals surface area contributed by atoms with Crippen LogP contribution in [0.3, 0.4) is 0 Å². The Labute approximate surface area is 197 Å². The molecular weight excluding hydrogens is 465 g/mol. The molecule has 0 atom stereocenters. The average molecular weight is 488 g/mol. The van der Waals surface area contributed by atoms with Crippen LogP contribution in [-0.2, 0) is 10.0 Å². The summed E-state index contributed by atoms with van der Waals surface area (Å²) in [7, 11) is -4.00. The molecule has 0 aliphatic carbocycles. The highest BCUT2D eigenvalue weighted by Crippen LogP contribution is 2.27. The summed E-state index contributed by atoms with van der Waals surface area (Å²) in [5, 5.41) is 0.0236. The first kappa shape index (κ1) is 23.1. The van der Waals surface area contributed by atoms with Crippen LogP contribution in [0.25, 0.3) is 0 Å². The Morgan fingerprint density at radius 1 is 0.970 bits per heavy atom. The molecule has 0 saturated carbocycles. The number of sulfonamides is 1. The standard InChI is InChI=1S/C24H23ClFN3O3S/c1-17-6-9-19(10-7-17)27-33(31,32)23-16-18(8-11-20(23)25)24(30)29-14-12-28(13-15-29)22-5-3-2-4-21(22)26/h2-11,16,27H,12-15H2,1H3. The summed E-state index contributed by atoms with van der Waals surface area (Å²) in [5.41, 5.74) is 2.13. The van der Waals surface area contributed by atoms with Gasteiger partial charge in [-0.1, -0.05) is 41.4 Å².